The van der Waals surface area contributed by atoms with Crippen LogP contribution in [0.4, 0.5) is 0 Å². The number of hydrogen-bond acceptors (Lipinski definition) is 5. The van der Waals surface area contributed by atoms with Crippen LogP contribution in [0.1, 0.15) is 36.4 Å². The summed E-state index contributed by atoms with van der Waals surface area (Å²) < 4.78 is 9.91. The van der Waals surface area contributed by atoms with Crippen LogP contribution < -0.4 is 5.32 Å². The van der Waals surface area contributed by atoms with Crippen molar-refractivity contribution in [3.05, 3.63) is 23.7 Å². The molecule has 0 amide bonds. The van der Waals surface area contributed by atoms with Crippen molar-refractivity contribution in [2.75, 3.05) is 18.6 Å². The van der Waals surface area contributed by atoms with E-state index in [1.54, 1.807) is 6.07 Å². The molecule has 0 saturated carbocycles. The lowest BCUT2D eigenvalue weighted by Gasteiger charge is -2.11. The van der Waals surface area contributed by atoms with Crippen LogP contribution in [0.3, 0.4) is 0 Å². The van der Waals surface area contributed by atoms with Crippen molar-refractivity contribution in [2.45, 2.75) is 32.9 Å². The first-order valence-corrected chi connectivity index (χ1v) is 7.29. The van der Waals surface area contributed by atoms with Crippen LogP contribution in [0.25, 0.3) is 0 Å². The summed E-state index contributed by atoms with van der Waals surface area (Å²) in [4.78, 5) is 11.2. The smallest absolute Gasteiger partial charge is 0.341 e. The highest BCUT2D eigenvalue weighted by atomic mass is 32.2. The SMILES string of the molecule is CCSCCC(C)NCc1cc(C(=O)OC)co1. The molecule has 1 aromatic heterocycles. The number of thioether (sulfide) groups is 1. The van der Waals surface area contributed by atoms with E-state index in [1.165, 1.54) is 13.4 Å². The van der Waals surface area contributed by atoms with Crippen molar-refractivity contribution in [3.8, 4) is 0 Å². The van der Waals surface area contributed by atoms with Crippen molar-refractivity contribution >= 4 is 17.7 Å². The van der Waals surface area contributed by atoms with Gasteiger partial charge in [0.05, 0.1) is 19.2 Å². The molecule has 5 heteroatoms. The highest BCUT2D eigenvalue weighted by Gasteiger charge is 2.10. The molecule has 1 rings (SSSR count). The van der Waals surface area contributed by atoms with Gasteiger partial charge in [-0.05, 0) is 30.9 Å². The number of furan rings is 1. The number of carbonyl (C=O) groups excluding carboxylic acids is 1. The van der Waals surface area contributed by atoms with Gasteiger partial charge in [0.2, 0.25) is 0 Å². The van der Waals surface area contributed by atoms with Crippen LogP contribution in [-0.2, 0) is 11.3 Å². The Morgan fingerprint density at radius 3 is 3.06 bits per heavy atom. The third-order valence-corrected chi connectivity index (χ3v) is 3.53. The second-order valence-electron chi connectivity index (χ2n) is 4.06. The van der Waals surface area contributed by atoms with Crippen molar-refractivity contribution in [3.63, 3.8) is 0 Å². The Hall–Kier alpha value is -0.940. The monoisotopic (exact) mass is 271 g/mol. The molecule has 1 heterocycles. The quantitative estimate of drug-likeness (QED) is 0.582. The summed E-state index contributed by atoms with van der Waals surface area (Å²) in [6.07, 6.45) is 2.56. The molecule has 0 aliphatic heterocycles. The Bertz CT molecular complexity index is 365. The lowest BCUT2D eigenvalue weighted by atomic mass is 10.2. The molecular weight excluding hydrogens is 250 g/mol. The summed E-state index contributed by atoms with van der Waals surface area (Å²) in [7, 11) is 1.36. The Morgan fingerprint density at radius 1 is 1.61 bits per heavy atom. The number of rotatable bonds is 8. The molecule has 1 unspecified atom stereocenters. The fraction of sp³-hybridized carbons (Fsp3) is 0.615. The van der Waals surface area contributed by atoms with E-state index in [4.69, 9.17) is 4.42 Å². The van der Waals surface area contributed by atoms with Crippen molar-refractivity contribution in [2.24, 2.45) is 0 Å². The van der Waals surface area contributed by atoms with Crippen molar-refractivity contribution in [1.29, 1.82) is 0 Å². The van der Waals surface area contributed by atoms with Gasteiger partial charge in [-0.15, -0.1) is 0 Å². The molecular formula is C13H21NO3S. The number of methoxy groups -OCH3 is 1. The molecule has 1 aromatic rings. The average molecular weight is 271 g/mol. The molecule has 0 radical (unpaired) electrons. The van der Waals surface area contributed by atoms with E-state index >= 15 is 0 Å². The zero-order valence-corrected chi connectivity index (χ0v) is 12.0. The van der Waals surface area contributed by atoms with Crippen LogP contribution in [-0.4, -0.2) is 30.6 Å². The molecule has 102 valence electrons. The maximum absolute atomic E-state index is 11.2. The zero-order chi connectivity index (χ0) is 13.4. The third kappa shape index (κ3) is 5.14. The summed E-state index contributed by atoms with van der Waals surface area (Å²) in [6, 6.07) is 2.16. The molecule has 1 N–H and O–H groups in total. The topological polar surface area (TPSA) is 51.5 Å². The minimum Gasteiger partial charge on any atom is -0.467 e. The number of ether oxygens (including phenoxy) is 1. The summed E-state index contributed by atoms with van der Waals surface area (Å²) in [5, 5.41) is 3.37. The van der Waals surface area contributed by atoms with Crippen LogP contribution >= 0.6 is 11.8 Å². The first kappa shape index (κ1) is 15.1. The molecule has 4 nitrogen and oxygen atoms in total. The second-order valence-corrected chi connectivity index (χ2v) is 5.45. The Kier molecular flexibility index (Phi) is 6.90. The first-order chi connectivity index (χ1) is 8.67. The van der Waals surface area contributed by atoms with Crippen molar-refractivity contribution in [1.82, 2.24) is 5.32 Å². The van der Waals surface area contributed by atoms with Crippen molar-refractivity contribution < 1.29 is 13.9 Å². The Morgan fingerprint density at radius 2 is 2.39 bits per heavy atom. The van der Waals surface area contributed by atoms with E-state index in [0.717, 1.165) is 23.7 Å². The Balaban J connectivity index is 2.30. The third-order valence-electron chi connectivity index (χ3n) is 2.60. The molecule has 0 saturated heterocycles. The standard InChI is InChI=1S/C13H21NO3S/c1-4-18-6-5-10(2)14-8-12-7-11(9-17-12)13(15)16-3/h7,9-10,14H,4-6,8H2,1-3H3. The van der Waals surface area contributed by atoms with E-state index < -0.39 is 0 Å². The minimum absolute atomic E-state index is 0.364. The van der Waals surface area contributed by atoms with Gasteiger partial charge in [-0.3, -0.25) is 0 Å². The Labute approximate surface area is 112 Å². The summed E-state index contributed by atoms with van der Waals surface area (Å²) in [5.74, 6) is 2.71. The fourth-order valence-electron chi connectivity index (χ4n) is 1.48. The van der Waals surface area contributed by atoms with Crippen LogP contribution in [0.15, 0.2) is 16.7 Å². The molecule has 0 aromatic carbocycles. The number of nitrogens with one attached hydrogen (secondary N) is 1. The highest BCUT2D eigenvalue weighted by molar-refractivity contribution is 7.99. The van der Waals surface area contributed by atoms with E-state index in [1.807, 2.05) is 11.8 Å². The number of hydrogen-bond donors (Lipinski definition) is 1. The number of carbonyl (C=O) groups is 1. The maximum Gasteiger partial charge on any atom is 0.341 e. The fourth-order valence-corrected chi connectivity index (χ4v) is 2.29. The molecule has 0 aliphatic rings. The summed E-state index contributed by atoms with van der Waals surface area (Å²) >= 11 is 1.94. The molecule has 1 atom stereocenters. The van der Waals surface area contributed by atoms with E-state index in [2.05, 4.69) is 23.9 Å². The maximum atomic E-state index is 11.2. The zero-order valence-electron chi connectivity index (χ0n) is 11.2. The summed E-state index contributed by atoms with van der Waals surface area (Å²) in [6.45, 7) is 4.95. The van der Waals surface area contributed by atoms with Gasteiger partial charge in [0.25, 0.3) is 0 Å². The van der Waals surface area contributed by atoms with E-state index in [9.17, 15) is 4.79 Å². The molecule has 0 fully saturated rings. The molecule has 0 aliphatic carbocycles. The van der Waals surface area contributed by atoms with Crippen LogP contribution in [0.2, 0.25) is 0 Å². The average Bonchev–Trinajstić information content (AvgIpc) is 2.84. The normalized spacial score (nSPS) is 12.4. The molecule has 0 spiro atoms. The summed E-state index contributed by atoms with van der Waals surface area (Å²) in [5.41, 5.74) is 0.462. The molecule has 18 heavy (non-hydrogen) atoms. The van der Waals surface area contributed by atoms with Gasteiger partial charge in [-0.2, -0.15) is 11.8 Å². The van der Waals surface area contributed by atoms with Gasteiger partial charge in [-0.25, -0.2) is 4.79 Å². The van der Waals surface area contributed by atoms with E-state index in [0.29, 0.717) is 18.2 Å². The van der Waals surface area contributed by atoms with Gasteiger partial charge >= 0.3 is 5.97 Å². The van der Waals surface area contributed by atoms with Gasteiger partial charge < -0.3 is 14.5 Å². The minimum atomic E-state index is -0.364. The van der Waals surface area contributed by atoms with Gasteiger partial charge in [-0.1, -0.05) is 6.92 Å². The highest BCUT2D eigenvalue weighted by Crippen LogP contribution is 2.10. The lowest BCUT2D eigenvalue weighted by molar-refractivity contribution is 0.0600. The second kappa shape index (κ2) is 8.21. The largest absolute Gasteiger partial charge is 0.467 e. The predicted octanol–water partition coefficient (Wildman–Crippen LogP) is 2.69. The van der Waals surface area contributed by atoms with Gasteiger partial charge in [0.1, 0.15) is 12.0 Å². The lowest BCUT2D eigenvalue weighted by Crippen LogP contribution is -2.25. The number of esters is 1. The van der Waals surface area contributed by atoms with Gasteiger partial charge in [0, 0.05) is 6.04 Å². The van der Waals surface area contributed by atoms with E-state index in [-0.39, 0.29) is 5.97 Å². The van der Waals surface area contributed by atoms with Crippen LogP contribution in [0, 0.1) is 0 Å². The van der Waals surface area contributed by atoms with Gasteiger partial charge in [0.15, 0.2) is 0 Å². The molecule has 0 bridgehead atoms. The predicted molar refractivity (Wildman–Crippen MR) is 74.0 cm³/mol. The van der Waals surface area contributed by atoms with Crippen LogP contribution in [0.5, 0.6) is 0 Å². The first-order valence-electron chi connectivity index (χ1n) is 6.14.